The van der Waals surface area contributed by atoms with Crippen molar-refractivity contribution in [2.24, 2.45) is 21.9 Å². The molecule has 2 aromatic heterocycles. The maximum absolute atomic E-state index is 12.3. The number of hydrogen-bond acceptors (Lipinski definition) is 10. The molecule has 0 spiro atoms. The number of hydrazone groups is 1. The first-order chi connectivity index (χ1) is 18.2. The fraction of sp³-hybridized carbons (Fsp3) is 0.167. The number of nitrogens with two attached hydrogens (primary N) is 3. The summed E-state index contributed by atoms with van der Waals surface area (Å²) in [6, 6.07) is 15.8. The summed E-state index contributed by atoms with van der Waals surface area (Å²) in [4.78, 5) is 16.7. The monoisotopic (exact) mass is 554 g/mol. The third-order valence-electron chi connectivity index (χ3n) is 5.59. The molecular weight excluding hydrogens is 528 g/mol. The number of aromatic nitrogens is 3. The highest BCUT2D eigenvalue weighted by Crippen LogP contribution is 2.31. The fourth-order valence-corrected chi connectivity index (χ4v) is 5.08. The van der Waals surface area contributed by atoms with Crippen LogP contribution in [0.3, 0.4) is 0 Å². The second kappa shape index (κ2) is 11.5. The molecule has 0 fully saturated rings. The number of benzene rings is 2. The molecular formula is C24H26N8O4S2. The number of hydrogen-bond donors (Lipinski definition) is 4. The van der Waals surface area contributed by atoms with Crippen molar-refractivity contribution in [3.8, 4) is 16.4 Å². The highest BCUT2D eigenvalue weighted by atomic mass is 32.2. The molecule has 4 aromatic rings. The van der Waals surface area contributed by atoms with Gasteiger partial charge in [-0.05, 0) is 24.6 Å². The van der Waals surface area contributed by atoms with Gasteiger partial charge >= 0.3 is 5.97 Å². The quantitative estimate of drug-likeness (QED) is 0.0783. The van der Waals surface area contributed by atoms with Crippen LogP contribution in [0.25, 0.3) is 16.4 Å². The molecule has 198 valence electrons. The maximum atomic E-state index is 12.3. The number of nitrogens with one attached hydrogen (secondary N) is 1. The number of sulfonamides is 1. The first kappa shape index (κ1) is 26.9. The maximum Gasteiger partial charge on any atom is 0.357 e. The highest BCUT2D eigenvalue weighted by molar-refractivity contribution is 7.89. The second-order valence-corrected chi connectivity index (χ2v) is 10.4. The van der Waals surface area contributed by atoms with Crippen LogP contribution in [0.2, 0.25) is 0 Å². The number of nitrogens with zero attached hydrogens (tertiary/aromatic N) is 4. The second-order valence-electron chi connectivity index (χ2n) is 8.05. The van der Waals surface area contributed by atoms with Crippen molar-refractivity contribution in [3.05, 3.63) is 82.5 Å². The summed E-state index contributed by atoms with van der Waals surface area (Å²) in [6.07, 6.45) is 0.550. The standard InChI is InChI=1S/C24H26N8O4S2/c1-2-36-23(33)19-14-37-24(28-19)32-20(13-21(29-25)30-26)18(22(31-32)16-6-4-3-5-7-16)12-15-8-10-17(11-9-15)38(27,34)35/h3-11,14H,2,12-13,25-26H2,1H3,(H,29,30)(H2,27,34,35). The third-order valence-corrected chi connectivity index (χ3v) is 7.33. The smallest absolute Gasteiger partial charge is 0.357 e. The summed E-state index contributed by atoms with van der Waals surface area (Å²) in [5, 5.41) is 15.9. The minimum atomic E-state index is -3.83. The molecule has 0 aliphatic rings. The zero-order valence-corrected chi connectivity index (χ0v) is 22.0. The van der Waals surface area contributed by atoms with Gasteiger partial charge in [-0.15, -0.1) is 11.3 Å². The van der Waals surface area contributed by atoms with Gasteiger partial charge in [0.15, 0.2) is 5.69 Å². The normalized spacial score (nSPS) is 11.9. The first-order valence-electron chi connectivity index (χ1n) is 11.4. The van der Waals surface area contributed by atoms with E-state index in [1.165, 1.54) is 23.5 Å². The van der Waals surface area contributed by atoms with E-state index < -0.39 is 16.0 Å². The van der Waals surface area contributed by atoms with Crippen LogP contribution in [0.15, 0.2) is 70.0 Å². The molecule has 0 amide bonds. The van der Waals surface area contributed by atoms with E-state index in [1.54, 1.807) is 29.1 Å². The predicted octanol–water partition coefficient (Wildman–Crippen LogP) is 1.69. The largest absolute Gasteiger partial charge is 0.461 e. The lowest BCUT2D eigenvalue weighted by Crippen LogP contribution is -2.33. The number of ether oxygens (including phenoxy) is 1. The topological polar surface area (TPSA) is 194 Å². The van der Waals surface area contributed by atoms with Crippen LogP contribution >= 0.6 is 11.3 Å². The molecule has 0 saturated carbocycles. The van der Waals surface area contributed by atoms with Gasteiger partial charge in [0, 0.05) is 22.9 Å². The summed E-state index contributed by atoms with van der Waals surface area (Å²) in [5.41, 5.74) is 6.47. The molecule has 2 aromatic carbocycles. The molecule has 38 heavy (non-hydrogen) atoms. The molecule has 0 radical (unpaired) electrons. The minimum Gasteiger partial charge on any atom is -0.461 e. The van der Waals surface area contributed by atoms with Gasteiger partial charge in [0.2, 0.25) is 15.2 Å². The van der Waals surface area contributed by atoms with Crippen molar-refractivity contribution in [1.82, 2.24) is 20.2 Å². The number of primary sulfonamides is 1. The van der Waals surface area contributed by atoms with Crippen LogP contribution in [0.5, 0.6) is 0 Å². The number of amidine groups is 1. The summed E-state index contributed by atoms with van der Waals surface area (Å²) >= 11 is 1.23. The summed E-state index contributed by atoms with van der Waals surface area (Å²) < 4.78 is 30.1. The Kier molecular flexibility index (Phi) is 8.16. The summed E-state index contributed by atoms with van der Waals surface area (Å²) in [5.74, 6) is 10.9. The van der Waals surface area contributed by atoms with Crippen LogP contribution in [0.4, 0.5) is 0 Å². The van der Waals surface area contributed by atoms with Crippen molar-refractivity contribution in [1.29, 1.82) is 0 Å². The lowest BCUT2D eigenvalue weighted by Gasteiger charge is -2.10. The molecule has 2 heterocycles. The highest BCUT2D eigenvalue weighted by Gasteiger charge is 2.24. The van der Waals surface area contributed by atoms with E-state index in [0.29, 0.717) is 28.8 Å². The molecule has 0 bridgehead atoms. The van der Waals surface area contributed by atoms with Gasteiger partial charge in [-0.3, -0.25) is 0 Å². The van der Waals surface area contributed by atoms with E-state index >= 15 is 0 Å². The number of rotatable bonds is 9. The van der Waals surface area contributed by atoms with Gasteiger partial charge in [0.25, 0.3) is 0 Å². The summed E-state index contributed by atoms with van der Waals surface area (Å²) in [6.45, 7) is 1.95. The lowest BCUT2D eigenvalue weighted by molar-refractivity contribution is 0.0520. The van der Waals surface area contributed by atoms with E-state index in [9.17, 15) is 13.2 Å². The van der Waals surface area contributed by atoms with E-state index in [2.05, 4.69) is 15.5 Å². The SMILES string of the molecule is CCOC(=O)c1csc(-n2nc(-c3ccccc3)c(Cc3ccc(S(N)(=O)=O)cc3)c2C/C(=N/N)NN)n1. The molecule has 0 saturated heterocycles. The number of esters is 1. The number of carbonyl (C=O) groups excluding carboxylic acids is 1. The fourth-order valence-electron chi connectivity index (χ4n) is 3.79. The van der Waals surface area contributed by atoms with Crippen LogP contribution < -0.4 is 22.3 Å². The lowest BCUT2D eigenvalue weighted by atomic mass is 9.97. The Morgan fingerprint density at radius 1 is 1.16 bits per heavy atom. The third kappa shape index (κ3) is 5.89. The Labute approximate surface area is 223 Å². The van der Waals surface area contributed by atoms with Gasteiger partial charge in [0.1, 0.15) is 5.84 Å². The van der Waals surface area contributed by atoms with Crippen molar-refractivity contribution in [3.63, 3.8) is 0 Å². The predicted molar refractivity (Wildman–Crippen MR) is 144 cm³/mol. The molecule has 0 aliphatic carbocycles. The van der Waals surface area contributed by atoms with Gasteiger partial charge in [0.05, 0.1) is 29.3 Å². The van der Waals surface area contributed by atoms with Gasteiger partial charge in [-0.1, -0.05) is 42.5 Å². The minimum absolute atomic E-state index is 0.0135. The molecule has 12 nitrogen and oxygen atoms in total. The van der Waals surface area contributed by atoms with E-state index in [1.807, 2.05) is 30.3 Å². The van der Waals surface area contributed by atoms with E-state index in [0.717, 1.165) is 16.7 Å². The average Bonchev–Trinajstić information content (AvgIpc) is 3.53. The van der Waals surface area contributed by atoms with Crippen molar-refractivity contribution < 1.29 is 17.9 Å². The van der Waals surface area contributed by atoms with Crippen LogP contribution in [0, 0.1) is 0 Å². The molecule has 4 rings (SSSR count). The zero-order chi connectivity index (χ0) is 27.3. The van der Waals surface area contributed by atoms with Crippen molar-refractivity contribution in [2.75, 3.05) is 6.61 Å². The zero-order valence-electron chi connectivity index (χ0n) is 20.4. The Hall–Kier alpha value is -4.11. The Bertz CT molecular complexity index is 1560. The van der Waals surface area contributed by atoms with Crippen molar-refractivity contribution in [2.45, 2.75) is 24.7 Å². The molecule has 0 unspecified atom stereocenters. The average molecular weight is 555 g/mol. The number of thiazole rings is 1. The molecule has 7 N–H and O–H groups in total. The Morgan fingerprint density at radius 3 is 2.47 bits per heavy atom. The Morgan fingerprint density at radius 2 is 1.87 bits per heavy atom. The first-order valence-corrected chi connectivity index (χ1v) is 13.8. The van der Waals surface area contributed by atoms with E-state index in [-0.39, 0.29) is 23.6 Å². The van der Waals surface area contributed by atoms with Gasteiger partial charge < -0.3 is 16.0 Å². The molecule has 0 atom stereocenters. The number of carbonyl (C=O) groups is 1. The molecule has 14 heteroatoms. The van der Waals surface area contributed by atoms with E-state index in [4.69, 9.17) is 26.7 Å². The number of hydrazine groups is 1. The van der Waals surface area contributed by atoms with Crippen LogP contribution in [0.1, 0.15) is 34.2 Å². The van der Waals surface area contributed by atoms with Gasteiger partial charge in [-0.2, -0.15) is 10.2 Å². The molecule has 0 aliphatic heterocycles. The van der Waals surface area contributed by atoms with Gasteiger partial charge in [-0.25, -0.2) is 33.9 Å². The summed E-state index contributed by atoms with van der Waals surface area (Å²) in [7, 11) is -3.83. The van der Waals surface area contributed by atoms with Crippen LogP contribution in [-0.4, -0.2) is 41.6 Å². The Balaban J connectivity index is 1.89. The van der Waals surface area contributed by atoms with Crippen LogP contribution in [-0.2, 0) is 27.6 Å². The van der Waals surface area contributed by atoms with Crippen molar-refractivity contribution >= 4 is 33.2 Å².